The predicted octanol–water partition coefficient (Wildman–Crippen LogP) is 4.24. The Kier molecular flexibility index (Phi) is 6.13. The molecular formula is C15H20F3NOS. The van der Waals surface area contributed by atoms with Gasteiger partial charge in [0, 0.05) is 11.3 Å². The Bertz CT molecular complexity index is 486. The Morgan fingerprint density at radius 1 is 1.24 bits per heavy atom. The van der Waals surface area contributed by atoms with Crippen molar-refractivity contribution >= 4 is 17.7 Å². The highest BCUT2D eigenvalue weighted by atomic mass is 32.2. The van der Waals surface area contributed by atoms with Crippen LogP contribution < -0.4 is 5.32 Å². The van der Waals surface area contributed by atoms with Gasteiger partial charge in [-0.1, -0.05) is 25.1 Å². The molecule has 1 aromatic carbocycles. The monoisotopic (exact) mass is 319 g/mol. The minimum absolute atomic E-state index is 0.148. The Balaban J connectivity index is 2.56. The molecule has 0 atom stereocenters. The van der Waals surface area contributed by atoms with Crippen molar-refractivity contribution in [2.75, 3.05) is 5.75 Å². The second-order valence-corrected chi connectivity index (χ2v) is 6.42. The highest BCUT2D eigenvalue weighted by molar-refractivity contribution is 7.99. The summed E-state index contributed by atoms with van der Waals surface area (Å²) in [5.74, 6) is 0.155. The van der Waals surface area contributed by atoms with Gasteiger partial charge in [-0.25, -0.2) is 0 Å². The molecule has 0 aliphatic carbocycles. The van der Waals surface area contributed by atoms with Crippen LogP contribution in [0.5, 0.6) is 0 Å². The minimum atomic E-state index is -4.36. The molecule has 118 valence electrons. The number of hydrogen-bond acceptors (Lipinski definition) is 2. The van der Waals surface area contributed by atoms with Crippen LogP contribution in [-0.4, -0.2) is 17.2 Å². The van der Waals surface area contributed by atoms with Gasteiger partial charge in [-0.15, -0.1) is 11.8 Å². The summed E-state index contributed by atoms with van der Waals surface area (Å²) < 4.78 is 38.4. The number of alkyl halides is 3. The second kappa shape index (κ2) is 7.20. The molecule has 0 bridgehead atoms. The number of rotatable bonds is 6. The Hall–Kier alpha value is -1.17. The molecule has 0 heterocycles. The maximum Gasteiger partial charge on any atom is 0.416 e. The predicted molar refractivity (Wildman–Crippen MR) is 80.1 cm³/mol. The van der Waals surface area contributed by atoms with Crippen molar-refractivity contribution in [2.45, 2.75) is 44.7 Å². The number of carbonyl (C=O) groups is 1. The number of nitrogens with one attached hydrogen (secondary N) is 1. The van der Waals surface area contributed by atoms with E-state index >= 15 is 0 Å². The molecule has 6 heteroatoms. The number of halogens is 3. The van der Waals surface area contributed by atoms with Crippen LogP contribution in [0.2, 0.25) is 0 Å². The normalized spacial score (nSPS) is 12.3. The number of hydrogen-bond donors (Lipinski definition) is 1. The number of amides is 1. The number of carbonyl (C=O) groups excluding carboxylic acids is 1. The number of benzene rings is 1. The first-order valence-corrected chi connectivity index (χ1v) is 7.85. The average Bonchev–Trinajstić information content (AvgIpc) is 2.37. The third-order valence-corrected chi connectivity index (χ3v) is 4.16. The van der Waals surface area contributed by atoms with E-state index in [4.69, 9.17) is 0 Å². The molecule has 1 rings (SSSR count). The first kappa shape index (κ1) is 17.9. The zero-order valence-electron chi connectivity index (χ0n) is 12.4. The summed E-state index contributed by atoms with van der Waals surface area (Å²) in [5, 5.41) is 2.86. The van der Waals surface area contributed by atoms with Gasteiger partial charge in [0.15, 0.2) is 0 Å². The van der Waals surface area contributed by atoms with E-state index < -0.39 is 11.7 Å². The van der Waals surface area contributed by atoms with Crippen LogP contribution in [0, 0.1) is 0 Å². The summed E-state index contributed by atoms with van der Waals surface area (Å²) in [4.78, 5) is 11.7. The molecule has 0 unspecified atom stereocenters. The molecular weight excluding hydrogens is 299 g/mol. The van der Waals surface area contributed by atoms with Gasteiger partial charge in [-0.3, -0.25) is 4.79 Å². The average molecular weight is 319 g/mol. The van der Waals surface area contributed by atoms with Crippen LogP contribution in [0.15, 0.2) is 24.3 Å². The SMILES string of the molecule is CCC(C)(C)NC(=O)CSCc1ccccc1C(F)(F)F. The van der Waals surface area contributed by atoms with Crippen LogP contribution in [0.1, 0.15) is 38.3 Å². The smallest absolute Gasteiger partial charge is 0.351 e. The van der Waals surface area contributed by atoms with Gasteiger partial charge in [0.1, 0.15) is 0 Å². The van der Waals surface area contributed by atoms with Crippen molar-refractivity contribution in [1.29, 1.82) is 0 Å². The summed E-state index contributed by atoms with van der Waals surface area (Å²) in [6, 6.07) is 5.46. The molecule has 0 saturated heterocycles. The summed E-state index contributed by atoms with van der Waals surface area (Å²) in [6.07, 6.45) is -3.57. The van der Waals surface area contributed by atoms with Crippen molar-refractivity contribution in [3.63, 3.8) is 0 Å². The van der Waals surface area contributed by atoms with Gasteiger partial charge in [0.25, 0.3) is 0 Å². The van der Waals surface area contributed by atoms with Gasteiger partial charge in [0.05, 0.1) is 11.3 Å². The van der Waals surface area contributed by atoms with Crippen molar-refractivity contribution in [2.24, 2.45) is 0 Å². The highest BCUT2D eigenvalue weighted by Gasteiger charge is 2.32. The van der Waals surface area contributed by atoms with Gasteiger partial charge in [-0.05, 0) is 31.9 Å². The second-order valence-electron chi connectivity index (χ2n) is 5.43. The molecule has 0 spiro atoms. The van der Waals surface area contributed by atoms with Gasteiger partial charge >= 0.3 is 6.18 Å². The van der Waals surface area contributed by atoms with E-state index in [0.717, 1.165) is 12.5 Å². The Morgan fingerprint density at radius 3 is 2.43 bits per heavy atom. The summed E-state index contributed by atoms with van der Waals surface area (Å²) in [7, 11) is 0. The van der Waals surface area contributed by atoms with E-state index in [1.165, 1.54) is 23.9 Å². The fourth-order valence-electron chi connectivity index (χ4n) is 1.68. The van der Waals surface area contributed by atoms with Crippen molar-refractivity contribution in [3.05, 3.63) is 35.4 Å². The molecule has 2 nitrogen and oxygen atoms in total. The molecule has 0 aliphatic heterocycles. The van der Waals surface area contributed by atoms with E-state index in [-0.39, 0.29) is 28.5 Å². The van der Waals surface area contributed by atoms with Crippen molar-refractivity contribution in [1.82, 2.24) is 5.32 Å². The molecule has 0 aliphatic rings. The lowest BCUT2D eigenvalue weighted by Gasteiger charge is -2.24. The maximum absolute atomic E-state index is 12.8. The largest absolute Gasteiger partial charge is 0.416 e. The van der Waals surface area contributed by atoms with E-state index in [1.54, 1.807) is 6.07 Å². The zero-order chi connectivity index (χ0) is 16.1. The van der Waals surface area contributed by atoms with Crippen LogP contribution >= 0.6 is 11.8 Å². The van der Waals surface area contributed by atoms with E-state index in [1.807, 2.05) is 20.8 Å². The van der Waals surface area contributed by atoms with Crippen LogP contribution in [-0.2, 0) is 16.7 Å². The minimum Gasteiger partial charge on any atom is -0.351 e. The van der Waals surface area contributed by atoms with E-state index in [9.17, 15) is 18.0 Å². The lowest BCUT2D eigenvalue weighted by molar-refractivity contribution is -0.138. The third-order valence-electron chi connectivity index (χ3n) is 3.18. The van der Waals surface area contributed by atoms with Crippen LogP contribution in [0.3, 0.4) is 0 Å². The fourth-order valence-corrected chi connectivity index (χ4v) is 2.51. The molecule has 0 fully saturated rings. The Morgan fingerprint density at radius 2 is 1.86 bits per heavy atom. The first-order valence-electron chi connectivity index (χ1n) is 6.69. The van der Waals surface area contributed by atoms with E-state index in [0.29, 0.717) is 0 Å². The molecule has 1 N–H and O–H groups in total. The maximum atomic E-state index is 12.8. The first-order chi connectivity index (χ1) is 9.65. The van der Waals surface area contributed by atoms with Crippen molar-refractivity contribution in [3.8, 4) is 0 Å². The van der Waals surface area contributed by atoms with Crippen LogP contribution in [0.4, 0.5) is 13.2 Å². The highest BCUT2D eigenvalue weighted by Crippen LogP contribution is 2.33. The lowest BCUT2D eigenvalue weighted by atomic mass is 10.0. The molecule has 0 radical (unpaired) electrons. The molecule has 21 heavy (non-hydrogen) atoms. The van der Waals surface area contributed by atoms with E-state index in [2.05, 4.69) is 5.32 Å². The van der Waals surface area contributed by atoms with Crippen molar-refractivity contribution < 1.29 is 18.0 Å². The summed E-state index contributed by atoms with van der Waals surface area (Å²) >= 11 is 1.18. The lowest BCUT2D eigenvalue weighted by Crippen LogP contribution is -2.43. The fraction of sp³-hybridized carbons (Fsp3) is 0.533. The zero-order valence-corrected chi connectivity index (χ0v) is 13.2. The molecule has 1 aromatic rings. The van der Waals surface area contributed by atoms with Crippen LogP contribution in [0.25, 0.3) is 0 Å². The van der Waals surface area contributed by atoms with Gasteiger partial charge in [0.2, 0.25) is 5.91 Å². The summed E-state index contributed by atoms with van der Waals surface area (Å²) in [6.45, 7) is 5.79. The van der Waals surface area contributed by atoms with Gasteiger partial charge in [-0.2, -0.15) is 13.2 Å². The summed E-state index contributed by atoms with van der Waals surface area (Å²) in [5.41, 5.74) is -0.717. The third kappa shape index (κ3) is 5.99. The molecule has 0 aromatic heterocycles. The number of thioether (sulfide) groups is 1. The topological polar surface area (TPSA) is 29.1 Å². The quantitative estimate of drug-likeness (QED) is 0.849. The molecule has 0 saturated carbocycles. The van der Waals surface area contributed by atoms with Gasteiger partial charge < -0.3 is 5.32 Å². The standard InChI is InChI=1S/C15H20F3NOS/c1-4-14(2,3)19-13(20)10-21-9-11-7-5-6-8-12(11)15(16,17)18/h5-8H,4,9-10H2,1-3H3,(H,19,20). The molecule has 1 amide bonds. The Labute approximate surface area is 127 Å².